The Morgan fingerprint density at radius 3 is 2.54 bits per heavy atom. The van der Waals surface area contributed by atoms with Gasteiger partial charge >= 0.3 is 0 Å². The predicted molar refractivity (Wildman–Crippen MR) is 105 cm³/mol. The van der Waals surface area contributed by atoms with Crippen LogP contribution in [0, 0.1) is 5.82 Å². The van der Waals surface area contributed by atoms with E-state index in [1.807, 2.05) is 12.1 Å². The predicted octanol–water partition coefficient (Wildman–Crippen LogP) is 6.37. The van der Waals surface area contributed by atoms with Crippen molar-refractivity contribution in [3.63, 3.8) is 0 Å². The minimum absolute atomic E-state index is 0.139. The molecule has 0 fully saturated rings. The van der Waals surface area contributed by atoms with E-state index in [4.69, 9.17) is 16.3 Å². The van der Waals surface area contributed by atoms with Crippen LogP contribution in [0.25, 0.3) is 0 Å². The average Bonchev–Trinajstić information content (AvgIpc) is 2.67. The van der Waals surface area contributed by atoms with E-state index in [1.54, 1.807) is 42.6 Å². The summed E-state index contributed by atoms with van der Waals surface area (Å²) in [6.07, 6.45) is 2.70. The molecule has 3 rings (SSSR count). The summed E-state index contributed by atoms with van der Waals surface area (Å²) < 4.78 is 19.6. The van der Waals surface area contributed by atoms with Crippen LogP contribution >= 0.6 is 11.6 Å². The molecule has 0 N–H and O–H groups in total. The Morgan fingerprint density at radius 1 is 1.04 bits per heavy atom. The summed E-state index contributed by atoms with van der Waals surface area (Å²) in [6.45, 7) is 2.25. The highest BCUT2D eigenvalue weighted by Gasteiger charge is 2.06. The summed E-state index contributed by atoms with van der Waals surface area (Å²) in [5, 5.41) is 0.589. The lowest BCUT2D eigenvalue weighted by Gasteiger charge is -2.10. The fraction of sp³-hybridized carbons (Fsp3) is 0.136. The molecule has 4 heteroatoms. The fourth-order valence-corrected chi connectivity index (χ4v) is 2.66. The van der Waals surface area contributed by atoms with Crippen molar-refractivity contribution in [1.82, 2.24) is 0 Å². The summed E-state index contributed by atoms with van der Waals surface area (Å²) in [5.74, 6) is 0.319. The highest BCUT2D eigenvalue weighted by atomic mass is 35.5. The number of aliphatic imine (C=N–C) groups is 1. The Balaban J connectivity index is 1.79. The van der Waals surface area contributed by atoms with Crippen LogP contribution in [0.2, 0.25) is 5.02 Å². The van der Waals surface area contributed by atoms with E-state index in [0.29, 0.717) is 16.3 Å². The molecular formula is C22H19ClFNO. The van der Waals surface area contributed by atoms with Crippen molar-refractivity contribution in [2.24, 2.45) is 4.99 Å². The third-order valence-electron chi connectivity index (χ3n) is 4.01. The molecule has 0 saturated heterocycles. The maximum atomic E-state index is 13.8. The molecule has 0 aliphatic heterocycles. The zero-order chi connectivity index (χ0) is 18.4. The molecule has 0 aliphatic rings. The molecule has 26 heavy (non-hydrogen) atoms. The van der Waals surface area contributed by atoms with Crippen molar-refractivity contribution < 1.29 is 9.13 Å². The lowest BCUT2D eigenvalue weighted by molar-refractivity contribution is 0.299. The van der Waals surface area contributed by atoms with Gasteiger partial charge < -0.3 is 4.74 Å². The molecule has 0 atom stereocenters. The Bertz CT molecular complexity index is 906. The molecule has 0 heterocycles. The summed E-state index contributed by atoms with van der Waals surface area (Å²) in [7, 11) is 0. The quantitative estimate of drug-likeness (QED) is 0.464. The molecule has 0 amide bonds. The summed E-state index contributed by atoms with van der Waals surface area (Å²) in [5.41, 5.74) is 3.36. The highest BCUT2D eigenvalue weighted by molar-refractivity contribution is 6.30. The minimum atomic E-state index is -0.285. The van der Waals surface area contributed by atoms with Gasteiger partial charge in [0.15, 0.2) is 0 Å². The van der Waals surface area contributed by atoms with Crippen molar-refractivity contribution >= 4 is 23.5 Å². The Hall–Kier alpha value is -2.65. The standard InChI is InChI=1S/C22H19ClFNO/c1-2-16-7-10-20(11-8-16)25-14-18-13-19(23)9-12-22(18)26-15-17-5-3-4-6-21(17)24/h3-14H,2,15H2,1H3. The van der Waals surface area contributed by atoms with Gasteiger partial charge in [-0.2, -0.15) is 0 Å². The van der Waals surface area contributed by atoms with Crippen molar-refractivity contribution in [3.05, 3.63) is 94.3 Å². The molecule has 0 radical (unpaired) electrons. The number of benzene rings is 3. The van der Waals surface area contributed by atoms with Gasteiger partial charge in [0.1, 0.15) is 18.2 Å². The van der Waals surface area contributed by atoms with Crippen LogP contribution in [0.3, 0.4) is 0 Å². The number of hydrogen-bond acceptors (Lipinski definition) is 2. The van der Waals surface area contributed by atoms with Crippen LogP contribution in [0.1, 0.15) is 23.6 Å². The van der Waals surface area contributed by atoms with Crippen molar-refractivity contribution in [3.8, 4) is 5.75 Å². The van der Waals surface area contributed by atoms with Gasteiger partial charge in [-0.3, -0.25) is 4.99 Å². The van der Waals surface area contributed by atoms with Gasteiger partial charge in [0.25, 0.3) is 0 Å². The Kier molecular flexibility index (Phi) is 6.03. The molecular weight excluding hydrogens is 349 g/mol. The van der Waals surface area contributed by atoms with E-state index >= 15 is 0 Å². The van der Waals surface area contributed by atoms with E-state index in [2.05, 4.69) is 24.0 Å². The van der Waals surface area contributed by atoms with E-state index in [0.717, 1.165) is 17.7 Å². The first kappa shape index (κ1) is 18.2. The number of halogens is 2. The van der Waals surface area contributed by atoms with Gasteiger partial charge in [0, 0.05) is 22.4 Å². The van der Waals surface area contributed by atoms with Gasteiger partial charge in [0.2, 0.25) is 0 Å². The third kappa shape index (κ3) is 4.70. The van der Waals surface area contributed by atoms with Crippen molar-refractivity contribution in [2.45, 2.75) is 20.0 Å². The first-order chi connectivity index (χ1) is 12.7. The van der Waals surface area contributed by atoms with Crippen LogP contribution in [0.5, 0.6) is 5.75 Å². The SMILES string of the molecule is CCc1ccc(N=Cc2cc(Cl)ccc2OCc2ccccc2F)cc1. The molecule has 0 spiro atoms. The summed E-state index contributed by atoms with van der Waals surface area (Å²) in [4.78, 5) is 4.49. The second kappa shape index (κ2) is 8.63. The molecule has 0 unspecified atom stereocenters. The molecule has 3 aromatic carbocycles. The molecule has 3 aromatic rings. The van der Waals surface area contributed by atoms with E-state index in [9.17, 15) is 4.39 Å². The molecule has 2 nitrogen and oxygen atoms in total. The molecule has 0 saturated carbocycles. The second-order valence-corrected chi connectivity index (χ2v) is 6.28. The minimum Gasteiger partial charge on any atom is -0.488 e. The average molecular weight is 368 g/mol. The summed E-state index contributed by atoms with van der Waals surface area (Å²) >= 11 is 6.10. The molecule has 0 aromatic heterocycles. The van der Waals surface area contributed by atoms with Gasteiger partial charge in [-0.05, 0) is 48.4 Å². The van der Waals surface area contributed by atoms with Crippen LogP contribution < -0.4 is 4.74 Å². The van der Waals surface area contributed by atoms with Crippen LogP contribution in [0.15, 0.2) is 71.7 Å². The third-order valence-corrected chi connectivity index (χ3v) is 4.25. The van der Waals surface area contributed by atoms with Gasteiger partial charge in [-0.1, -0.05) is 48.9 Å². The smallest absolute Gasteiger partial charge is 0.129 e. The maximum Gasteiger partial charge on any atom is 0.129 e. The Labute approximate surface area is 157 Å². The van der Waals surface area contributed by atoms with Crippen LogP contribution in [0.4, 0.5) is 10.1 Å². The monoisotopic (exact) mass is 367 g/mol. The lowest BCUT2D eigenvalue weighted by Crippen LogP contribution is -2.00. The van der Waals surface area contributed by atoms with Crippen LogP contribution in [-0.4, -0.2) is 6.21 Å². The molecule has 132 valence electrons. The Morgan fingerprint density at radius 2 is 1.81 bits per heavy atom. The van der Waals surface area contributed by atoms with E-state index < -0.39 is 0 Å². The number of nitrogens with zero attached hydrogens (tertiary/aromatic N) is 1. The van der Waals surface area contributed by atoms with E-state index in [1.165, 1.54) is 11.6 Å². The number of aryl methyl sites for hydroxylation is 1. The first-order valence-corrected chi connectivity index (χ1v) is 8.82. The fourth-order valence-electron chi connectivity index (χ4n) is 2.48. The first-order valence-electron chi connectivity index (χ1n) is 8.44. The van der Waals surface area contributed by atoms with Gasteiger partial charge in [-0.25, -0.2) is 4.39 Å². The second-order valence-electron chi connectivity index (χ2n) is 5.84. The van der Waals surface area contributed by atoms with Crippen molar-refractivity contribution in [2.75, 3.05) is 0 Å². The van der Waals surface area contributed by atoms with Crippen LogP contribution in [-0.2, 0) is 13.0 Å². The molecule has 0 bridgehead atoms. The summed E-state index contributed by atoms with van der Waals surface area (Å²) in [6, 6.07) is 19.9. The topological polar surface area (TPSA) is 21.6 Å². The lowest BCUT2D eigenvalue weighted by atomic mass is 10.1. The largest absolute Gasteiger partial charge is 0.488 e. The maximum absolute atomic E-state index is 13.8. The van der Waals surface area contributed by atoms with Gasteiger partial charge in [0.05, 0.1) is 5.69 Å². The zero-order valence-electron chi connectivity index (χ0n) is 14.5. The van der Waals surface area contributed by atoms with Gasteiger partial charge in [-0.15, -0.1) is 0 Å². The number of rotatable bonds is 6. The number of hydrogen-bond donors (Lipinski definition) is 0. The highest BCUT2D eigenvalue weighted by Crippen LogP contribution is 2.24. The number of ether oxygens (including phenoxy) is 1. The normalized spacial score (nSPS) is 11.0. The zero-order valence-corrected chi connectivity index (χ0v) is 15.2. The molecule has 0 aliphatic carbocycles. The van der Waals surface area contributed by atoms with Crippen molar-refractivity contribution in [1.29, 1.82) is 0 Å². The van der Waals surface area contributed by atoms with E-state index in [-0.39, 0.29) is 12.4 Å².